The van der Waals surface area contributed by atoms with Crippen molar-refractivity contribution in [2.75, 3.05) is 0 Å². The number of fused-ring (bicyclic) bond motifs is 2. The molecule has 1 unspecified atom stereocenters. The highest BCUT2D eigenvalue weighted by Crippen LogP contribution is 2.44. The van der Waals surface area contributed by atoms with E-state index in [2.05, 4.69) is 96.5 Å². The molecule has 4 heterocycles. The van der Waals surface area contributed by atoms with Crippen LogP contribution in [0.3, 0.4) is 0 Å². The Labute approximate surface area is 219 Å². The number of aryl methyl sites for hydroxylation is 2. The summed E-state index contributed by atoms with van der Waals surface area (Å²) in [6, 6.07) is 23.1. The molecule has 0 saturated heterocycles. The van der Waals surface area contributed by atoms with Crippen LogP contribution in [0.15, 0.2) is 76.1 Å². The van der Waals surface area contributed by atoms with Crippen LogP contribution in [0.2, 0.25) is 0 Å². The third kappa shape index (κ3) is 3.62. The van der Waals surface area contributed by atoms with E-state index in [1.807, 2.05) is 36.0 Å². The van der Waals surface area contributed by atoms with Crippen molar-refractivity contribution in [2.45, 2.75) is 27.7 Å². The molecule has 0 fully saturated rings. The zero-order valence-electron chi connectivity index (χ0n) is 20.0. The van der Waals surface area contributed by atoms with Gasteiger partial charge in [0.2, 0.25) is 0 Å². The summed E-state index contributed by atoms with van der Waals surface area (Å²) >= 11 is 2.35. The van der Waals surface area contributed by atoms with Gasteiger partial charge in [-0.05, 0) is 98.8 Å². The first-order valence-corrected chi connectivity index (χ1v) is 13.9. The summed E-state index contributed by atoms with van der Waals surface area (Å²) in [4.78, 5) is 5.07. The molecule has 5 aromatic rings. The van der Waals surface area contributed by atoms with Crippen LogP contribution in [0.25, 0.3) is 11.4 Å². The molecule has 0 amide bonds. The topological polar surface area (TPSA) is 48.2 Å². The molecule has 6 rings (SSSR count). The van der Waals surface area contributed by atoms with Gasteiger partial charge in [0.15, 0.2) is 5.82 Å². The zero-order valence-corrected chi connectivity index (χ0v) is 23.0. The molecule has 7 heteroatoms. The lowest BCUT2D eigenvalue weighted by atomic mass is 10.2. The molecule has 1 atom stereocenters. The number of benzene rings is 2. The van der Waals surface area contributed by atoms with Crippen molar-refractivity contribution < 1.29 is 4.42 Å². The number of para-hydroxylation sites is 1. The number of hydrogen-bond donors (Lipinski definition) is 0. The van der Waals surface area contributed by atoms with E-state index in [4.69, 9.17) is 14.5 Å². The second kappa shape index (κ2) is 8.61. The van der Waals surface area contributed by atoms with E-state index in [-0.39, 0.29) is 0 Å². The molecule has 0 spiro atoms. The van der Waals surface area contributed by atoms with E-state index in [9.17, 15) is 0 Å². The summed E-state index contributed by atoms with van der Waals surface area (Å²) < 4.78 is 11.9. The van der Waals surface area contributed by atoms with Crippen molar-refractivity contribution in [3.05, 3.63) is 98.7 Å². The van der Waals surface area contributed by atoms with Gasteiger partial charge in [0.25, 0.3) is 0 Å². The molecule has 0 aliphatic carbocycles. The van der Waals surface area contributed by atoms with Crippen LogP contribution in [0.1, 0.15) is 28.4 Å². The standard InChI is InChI=1S/C28H24IN4OP/c1-17-10-15-25(34-17)35-26-18(2)31-33(23-8-6-5-7-9-23)28(26)30-16-24-19(3)32(20(4)27(24)35)22-13-11-21(29)12-14-22/h5-16H,1-4H3. The Kier molecular flexibility index (Phi) is 5.53. The summed E-state index contributed by atoms with van der Waals surface area (Å²) in [6.07, 6.45) is 2.03. The van der Waals surface area contributed by atoms with Crippen molar-refractivity contribution in [1.82, 2.24) is 14.3 Å². The van der Waals surface area contributed by atoms with Gasteiger partial charge in [-0.3, -0.25) is 0 Å². The fourth-order valence-electron chi connectivity index (χ4n) is 4.89. The first-order chi connectivity index (χ1) is 16.9. The third-order valence-corrected chi connectivity index (χ3v) is 9.84. The minimum absolute atomic E-state index is 0.879. The third-order valence-electron chi connectivity index (χ3n) is 6.46. The normalized spacial score (nSPS) is 14.6. The van der Waals surface area contributed by atoms with E-state index in [1.54, 1.807) is 0 Å². The SMILES string of the molecule is Cc1ccc(P2c3c(C)nn(-c4ccccc4)c3N=Cc3c2c(C)n(-c2ccc(I)cc2)c3C)o1. The molecule has 0 radical (unpaired) electrons. The highest BCUT2D eigenvalue weighted by Gasteiger charge is 2.36. The van der Waals surface area contributed by atoms with Gasteiger partial charge in [-0.2, -0.15) is 5.10 Å². The minimum atomic E-state index is -1.00. The van der Waals surface area contributed by atoms with Crippen LogP contribution in [0, 0.1) is 31.3 Å². The number of halogens is 1. The molecular weight excluding hydrogens is 566 g/mol. The molecule has 35 heavy (non-hydrogen) atoms. The smallest absolute Gasteiger partial charge is 0.164 e. The Morgan fingerprint density at radius 2 is 1.54 bits per heavy atom. The Bertz CT molecular complexity index is 1590. The summed E-state index contributed by atoms with van der Waals surface area (Å²) in [5.74, 6) is 1.79. The molecule has 1 aliphatic rings. The summed E-state index contributed by atoms with van der Waals surface area (Å²) in [5.41, 5.74) is 7.67. The van der Waals surface area contributed by atoms with Crippen molar-refractivity contribution >= 4 is 58.7 Å². The Morgan fingerprint density at radius 3 is 2.23 bits per heavy atom. The van der Waals surface area contributed by atoms with Gasteiger partial charge in [-0.1, -0.05) is 18.2 Å². The van der Waals surface area contributed by atoms with Crippen molar-refractivity contribution in [1.29, 1.82) is 0 Å². The minimum Gasteiger partial charge on any atom is -0.461 e. The predicted molar refractivity (Wildman–Crippen MR) is 153 cm³/mol. The van der Waals surface area contributed by atoms with Crippen LogP contribution in [-0.2, 0) is 0 Å². The molecule has 0 bridgehead atoms. The van der Waals surface area contributed by atoms with Gasteiger partial charge in [-0.25, -0.2) is 9.67 Å². The van der Waals surface area contributed by atoms with E-state index >= 15 is 0 Å². The molecule has 1 aliphatic heterocycles. The predicted octanol–water partition coefficient (Wildman–Crippen LogP) is 5.92. The van der Waals surface area contributed by atoms with Crippen molar-refractivity contribution in [2.24, 2.45) is 4.99 Å². The van der Waals surface area contributed by atoms with E-state index in [0.717, 1.165) is 45.0 Å². The average molecular weight is 590 g/mol. The lowest BCUT2D eigenvalue weighted by Crippen LogP contribution is -2.23. The van der Waals surface area contributed by atoms with Crippen molar-refractivity contribution in [3.63, 3.8) is 0 Å². The Hall–Kier alpha value is -2.96. The van der Waals surface area contributed by atoms with E-state index in [1.165, 1.54) is 20.3 Å². The van der Waals surface area contributed by atoms with Gasteiger partial charge in [0, 0.05) is 45.6 Å². The number of furan rings is 1. The largest absolute Gasteiger partial charge is 0.461 e. The zero-order chi connectivity index (χ0) is 24.3. The highest BCUT2D eigenvalue weighted by atomic mass is 127. The molecule has 0 N–H and O–H groups in total. The summed E-state index contributed by atoms with van der Waals surface area (Å²) in [5, 5.41) is 7.39. The van der Waals surface area contributed by atoms with Crippen LogP contribution in [-0.4, -0.2) is 20.6 Å². The van der Waals surface area contributed by atoms with Gasteiger partial charge in [0.05, 0.1) is 16.7 Å². The fraction of sp³-hybridized carbons (Fsp3) is 0.143. The fourth-order valence-corrected chi connectivity index (χ4v) is 7.98. The van der Waals surface area contributed by atoms with Crippen LogP contribution in [0.4, 0.5) is 5.82 Å². The Balaban J connectivity index is 1.65. The van der Waals surface area contributed by atoms with E-state index in [0.29, 0.717) is 0 Å². The lowest BCUT2D eigenvalue weighted by Gasteiger charge is -2.17. The quantitative estimate of drug-likeness (QED) is 0.190. The number of aliphatic imine (C=N–C) groups is 1. The molecule has 5 nitrogen and oxygen atoms in total. The first-order valence-electron chi connectivity index (χ1n) is 11.5. The molecular formula is C28H24IN4OP. The first kappa shape index (κ1) is 22.5. The maximum Gasteiger partial charge on any atom is 0.164 e. The monoisotopic (exact) mass is 590 g/mol. The maximum atomic E-state index is 6.31. The van der Waals surface area contributed by atoms with E-state index < -0.39 is 7.92 Å². The molecule has 3 aromatic heterocycles. The van der Waals surface area contributed by atoms with Crippen LogP contribution in [0.5, 0.6) is 0 Å². The number of rotatable bonds is 3. The van der Waals surface area contributed by atoms with Crippen LogP contribution < -0.4 is 16.1 Å². The molecule has 0 saturated carbocycles. The average Bonchev–Trinajstić information content (AvgIpc) is 3.45. The van der Waals surface area contributed by atoms with Crippen molar-refractivity contribution in [3.8, 4) is 11.4 Å². The second-order valence-electron chi connectivity index (χ2n) is 8.73. The summed E-state index contributed by atoms with van der Waals surface area (Å²) in [7, 11) is -1.00. The van der Waals surface area contributed by atoms with Gasteiger partial charge < -0.3 is 8.98 Å². The number of hydrogen-bond acceptors (Lipinski definition) is 3. The lowest BCUT2D eigenvalue weighted by molar-refractivity contribution is 0.567. The summed E-state index contributed by atoms with van der Waals surface area (Å²) in [6.45, 7) is 8.49. The van der Waals surface area contributed by atoms with Gasteiger partial charge in [-0.15, -0.1) is 0 Å². The van der Waals surface area contributed by atoms with Gasteiger partial charge in [0.1, 0.15) is 11.3 Å². The second-order valence-corrected chi connectivity index (χ2v) is 12.0. The molecule has 2 aromatic carbocycles. The maximum absolute atomic E-state index is 6.31. The molecule has 174 valence electrons. The van der Waals surface area contributed by atoms with Gasteiger partial charge >= 0.3 is 0 Å². The Morgan fingerprint density at radius 1 is 0.800 bits per heavy atom. The van der Waals surface area contributed by atoms with Crippen LogP contribution >= 0.6 is 30.5 Å². The number of nitrogens with zero attached hydrogens (tertiary/aromatic N) is 4. The highest BCUT2D eigenvalue weighted by molar-refractivity contribution is 14.1. The number of aromatic nitrogens is 3.